The third-order valence-corrected chi connectivity index (χ3v) is 3.29. The minimum Gasteiger partial charge on any atom is -0.381 e. The van der Waals surface area contributed by atoms with E-state index in [0.717, 1.165) is 45.6 Å². The van der Waals surface area contributed by atoms with Crippen molar-refractivity contribution in [2.45, 2.75) is 38.1 Å². The van der Waals surface area contributed by atoms with Gasteiger partial charge in [0.1, 0.15) is 5.78 Å². The lowest BCUT2D eigenvalue weighted by Gasteiger charge is -2.33. The van der Waals surface area contributed by atoms with Crippen LogP contribution in [0.15, 0.2) is 0 Å². The van der Waals surface area contributed by atoms with Crippen LogP contribution in [0.2, 0.25) is 0 Å². The standard InChI is InChI=1S/C11H19NO2/c13-11-3-6-12(7-4-11)10-2-1-8-14-9-5-10/h10H,1-9H2. The molecule has 0 aromatic rings. The molecule has 14 heavy (non-hydrogen) atoms. The van der Waals surface area contributed by atoms with Crippen LogP contribution in [0.25, 0.3) is 0 Å². The molecule has 0 amide bonds. The average Bonchev–Trinajstić information content (AvgIpc) is 2.47. The van der Waals surface area contributed by atoms with Gasteiger partial charge in [-0.15, -0.1) is 0 Å². The zero-order valence-corrected chi connectivity index (χ0v) is 8.71. The van der Waals surface area contributed by atoms with E-state index >= 15 is 0 Å². The lowest BCUT2D eigenvalue weighted by Crippen LogP contribution is -2.41. The Balaban J connectivity index is 1.83. The Morgan fingerprint density at radius 3 is 2.71 bits per heavy atom. The summed E-state index contributed by atoms with van der Waals surface area (Å²) in [4.78, 5) is 13.6. The number of likely N-dealkylation sites (tertiary alicyclic amines) is 1. The molecule has 2 rings (SSSR count). The fraction of sp³-hybridized carbons (Fsp3) is 0.909. The maximum absolute atomic E-state index is 11.1. The van der Waals surface area contributed by atoms with E-state index in [-0.39, 0.29) is 0 Å². The molecule has 0 aliphatic carbocycles. The van der Waals surface area contributed by atoms with Crippen LogP contribution in [0.5, 0.6) is 0 Å². The first-order valence-corrected chi connectivity index (χ1v) is 5.70. The van der Waals surface area contributed by atoms with Crippen LogP contribution in [0.1, 0.15) is 32.1 Å². The van der Waals surface area contributed by atoms with Crippen LogP contribution in [-0.4, -0.2) is 43.0 Å². The highest BCUT2D eigenvalue weighted by Gasteiger charge is 2.24. The molecular formula is C11H19NO2. The SMILES string of the molecule is O=C1CCN(C2CCCOCC2)CC1. The van der Waals surface area contributed by atoms with Gasteiger partial charge >= 0.3 is 0 Å². The molecule has 80 valence electrons. The van der Waals surface area contributed by atoms with Gasteiger partial charge in [0.05, 0.1) is 0 Å². The summed E-state index contributed by atoms with van der Waals surface area (Å²) < 4.78 is 5.44. The Labute approximate surface area is 85.4 Å². The van der Waals surface area contributed by atoms with E-state index in [1.165, 1.54) is 12.8 Å². The molecule has 0 aromatic heterocycles. The van der Waals surface area contributed by atoms with E-state index in [1.54, 1.807) is 0 Å². The van der Waals surface area contributed by atoms with Crippen LogP contribution in [0, 0.1) is 0 Å². The van der Waals surface area contributed by atoms with Gasteiger partial charge in [0.2, 0.25) is 0 Å². The van der Waals surface area contributed by atoms with Crippen molar-refractivity contribution in [1.29, 1.82) is 0 Å². The smallest absolute Gasteiger partial charge is 0.135 e. The highest BCUT2D eigenvalue weighted by atomic mass is 16.5. The highest BCUT2D eigenvalue weighted by molar-refractivity contribution is 5.79. The second-order valence-corrected chi connectivity index (χ2v) is 4.27. The minimum absolute atomic E-state index is 0.436. The molecule has 0 saturated carbocycles. The molecule has 1 unspecified atom stereocenters. The van der Waals surface area contributed by atoms with E-state index in [2.05, 4.69) is 4.90 Å². The molecule has 3 heteroatoms. The molecule has 3 nitrogen and oxygen atoms in total. The van der Waals surface area contributed by atoms with Gasteiger partial charge in [-0.25, -0.2) is 0 Å². The molecule has 2 aliphatic rings. The Hall–Kier alpha value is -0.410. The summed E-state index contributed by atoms with van der Waals surface area (Å²) in [5.74, 6) is 0.436. The van der Waals surface area contributed by atoms with Gasteiger partial charge in [-0.2, -0.15) is 0 Å². The molecule has 2 aliphatic heterocycles. The van der Waals surface area contributed by atoms with Crippen LogP contribution in [-0.2, 0) is 9.53 Å². The van der Waals surface area contributed by atoms with Crippen LogP contribution in [0.4, 0.5) is 0 Å². The molecule has 0 bridgehead atoms. The second kappa shape index (κ2) is 4.89. The van der Waals surface area contributed by atoms with Crippen LogP contribution < -0.4 is 0 Å². The monoisotopic (exact) mass is 197 g/mol. The predicted molar refractivity (Wildman–Crippen MR) is 54.3 cm³/mol. The summed E-state index contributed by atoms with van der Waals surface area (Å²) >= 11 is 0. The number of piperidine rings is 1. The first kappa shape index (κ1) is 10.1. The van der Waals surface area contributed by atoms with Gasteiger partial charge in [0.15, 0.2) is 0 Å². The number of hydrogen-bond donors (Lipinski definition) is 0. The zero-order chi connectivity index (χ0) is 9.80. The lowest BCUT2D eigenvalue weighted by atomic mass is 10.0. The van der Waals surface area contributed by atoms with Crippen molar-refractivity contribution < 1.29 is 9.53 Å². The average molecular weight is 197 g/mol. The predicted octanol–water partition coefficient (Wildman–Crippen LogP) is 1.22. The van der Waals surface area contributed by atoms with E-state index in [1.807, 2.05) is 0 Å². The largest absolute Gasteiger partial charge is 0.381 e. The summed E-state index contributed by atoms with van der Waals surface area (Å²) in [6.45, 7) is 3.77. The molecule has 0 spiro atoms. The lowest BCUT2D eigenvalue weighted by molar-refractivity contribution is -0.122. The normalized spacial score (nSPS) is 31.4. The number of ether oxygens (including phenoxy) is 1. The number of nitrogens with zero attached hydrogens (tertiary/aromatic N) is 1. The summed E-state index contributed by atoms with van der Waals surface area (Å²) in [5, 5.41) is 0. The first-order chi connectivity index (χ1) is 6.86. The number of rotatable bonds is 1. The van der Waals surface area contributed by atoms with Crippen molar-refractivity contribution in [2.24, 2.45) is 0 Å². The molecule has 2 fully saturated rings. The Bertz CT molecular complexity index is 187. The Morgan fingerprint density at radius 1 is 1.14 bits per heavy atom. The number of Topliss-reactive ketones (excluding diaryl/α,β-unsaturated/α-hetero) is 1. The first-order valence-electron chi connectivity index (χ1n) is 5.70. The number of carbonyl (C=O) groups excluding carboxylic acids is 1. The molecule has 0 aromatic carbocycles. The van der Waals surface area contributed by atoms with Gasteiger partial charge in [-0.3, -0.25) is 9.69 Å². The van der Waals surface area contributed by atoms with Crippen LogP contribution in [0.3, 0.4) is 0 Å². The maximum Gasteiger partial charge on any atom is 0.135 e. The highest BCUT2D eigenvalue weighted by Crippen LogP contribution is 2.18. The van der Waals surface area contributed by atoms with Crippen molar-refractivity contribution in [3.05, 3.63) is 0 Å². The summed E-state index contributed by atoms with van der Waals surface area (Å²) in [5.41, 5.74) is 0. The van der Waals surface area contributed by atoms with Gasteiger partial charge in [0, 0.05) is 45.2 Å². The third-order valence-electron chi connectivity index (χ3n) is 3.29. The summed E-state index contributed by atoms with van der Waals surface area (Å²) in [6, 6.07) is 0.672. The number of carbonyl (C=O) groups is 1. The van der Waals surface area contributed by atoms with E-state index in [9.17, 15) is 4.79 Å². The molecule has 1 atom stereocenters. The van der Waals surface area contributed by atoms with Crippen LogP contribution >= 0.6 is 0 Å². The van der Waals surface area contributed by atoms with Gasteiger partial charge in [-0.05, 0) is 19.3 Å². The summed E-state index contributed by atoms with van der Waals surface area (Å²) in [7, 11) is 0. The molecule has 0 N–H and O–H groups in total. The third kappa shape index (κ3) is 2.55. The van der Waals surface area contributed by atoms with Crippen molar-refractivity contribution in [3.63, 3.8) is 0 Å². The zero-order valence-electron chi connectivity index (χ0n) is 8.71. The van der Waals surface area contributed by atoms with Crippen molar-refractivity contribution >= 4 is 5.78 Å². The summed E-state index contributed by atoms with van der Waals surface area (Å²) in [6.07, 6.45) is 5.09. The van der Waals surface area contributed by atoms with Crippen molar-refractivity contribution in [3.8, 4) is 0 Å². The fourth-order valence-corrected chi connectivity index (χ4v) is 2.39. The quantitative estimate of drug-likeness (QED) is 0.633. The topological polar surface area (TPSA) is 29.5 Å². The van der Waals surface area contributed by atoms with Gasteiger partial charge in [0.25, 0.3) is 0 Å². The minimum atomic E-state index is 0.436. The van der Waals surface area contributed by atoms with E-state index in [0.29, 0.717) is 11.8 Å². The van der Waals surface area contributed by atoms with Gasteiger partial charge < -0.3 is 4.74 Å². The van der Waals surface area contributed by atoms with E-state index in [4.69, 9.17) is 4.74 Å². The van der Waals surface area contributed by atoms with Crippen molar-refractivity contribution in [1.82, 2.24) is 4.90 Å². The molecule has 0 radical (unpaired) electrons. The number of hydrogen-bond acceptors (Lipinski definition) is 3. The second-order valence-electron chi connectivity index (χ2n) is 4.27. The molecular weight excluding hydrogens is 178 g/mol. The molecule has 2 saturated heterocycles. The Kier molecular flexibility index (Phi) is 3.54. The van der Waals surface area contributed by atoms with Gasteiger partial charge in [-0.1, -0.05) is 0 Å². The number of ketones is 1. The fourth-order valence-electron chi connectivity index (χ4n) is 2.39. The van der Waals surface area contributed by atoms with E-state index < -0.39 is 0 Å². The van der Waals surface area contributed by atoms with Crippen molar-refractivity contribution in [2.75, 3.05) is 26.3 Å². The molecule has 2 heterocycles. The maximum atomic E-state index is 11.1. The Morgan fingerprint density at radius 2 is 1.93 bits per heavy atom.